The number of fused-ring (bicyclic) bond motifs is 3. The summed E-state index contributed by atoms with van der Waals surface area (Å²) in [5.74, 6) is 0.0972. The number of nitrogen functional groups attached to an aromatic ring is 2. The lowest BCUT2D eigenvalue weighted by molar-refractivity contribution is -0.184. The number of imidazole rings is 2. The van der Waals surface area contributed by atoms with Crippen LogP contribution in [0.15, 0.2) is 31.2 Å². The number of nitrogens with zero attached hydrogens (tertiary/aromatic N) is 7. The summed E-state index contributed by atoms with van der Waals surface area (Å²) in [5, 5.41) is 0. The van der Waals surface area contributed by atoms with Crippen molar-refractivity contribution in [2.24, 2.45) is 0 Å². The third-order valence-corrected chi connectivity index (χ3v) is 10.0. The second kappa shape index (κ2) is 10.0. The molecule has 0 saturated carbocycles. The maximum atomic E-state index is 16.0. The third kappa shape index (κ3) is 4.60. The number of anilines is 2. The fraction of sp³-hybridized carbons (Fsp3) is 0.500. The lowest BCUT2D eigenvalue weighted by Crippen LogP contribution is -2.49. The van der Waals surface area contributed by atoms with Gasteiger partial charge in [0, 0.05) is 12.7 Å². The van der Waals surface area contributed by atoms with Crippen LogP contribution >= 0.6 is 7.82 Å². The third-order valence-electron chi connectivity index (χ3n) is 8.09. The van der Waals surface area contributed by atoms with Gasteiger partial charge in [0.05, 0.1) is 31.6 Å². The highest BCUT2D eigenvalue weighted by Gasteiger charge is 2.66. The number of hydrogen-bond acceptors (Lipinski definition) is 16. The molecule has 240 valence electrons. The zero-order valence-corrected chi connectivity index (χ0v) is 24.4. The van der Waals surface area contributed by atoms with Gasteiger partial charge >= 0.3 is 18.1 Å². The highest BCUT2D eigenvalue weighted by Crippen LogP contribution is 2.54. The van der Waals surface area contributed by atoms with Crippen LogP contribution in [-0.2, 0) is 42.3 Å². The largest absolute Gasteiger partial charge is 0.472 e. The van der Waals surface area contributed by atoms with Gasteiger partial charge in [-0.1, -0.05) is 0 Å². The van der Waals surface area contributed by atoms with Crippen LogP contribution in [0.5, 0.6) is 0 Å². The zero-order valence-electron chi connectivity index (χ0n) is 22.7. The topological polar surface area (TPSA) is 265 Å². The van der Waals surface area contributed by atoms with E-state index < -0.39 is 79.9 Å². The molecule has 20 nitrogen and oxygen atoms in total. The van der Waals surface area contributed by atoms with Crippen LogP contribution in [0, 0.1) is 0 Å². The second-order valence-corrected chi connectivity index (χ2v) is 13.6. The highest BCUT2D eigenvalue weighted by atomic mass is 32.2. The number of aromatic nitrogens is 7. The average molecular weight is 671 g/mol. The SMILES string of the molecule is Nc1ccnc2c1ncn2C1OC2CNS(=O)(=O)OC3C4OCC3(COP(=O)(O)OC2C1F)OC4n1cnc2c(N)ncnc21. The Morgan fingerprint density at radius 1 is 1.04 bits per heavy atom. The number of alkyl halides is 1. The lowest BCUT2D eigenvalue weighted by Gasteiger charge is -2.32. The zero-order chi connectivity index (χ0) is 31.3. The van der Waals surface area contributed by atoms with Crippen LogP contribution < -0.4 is 16.2 Å². The summed E-state index contributed by atoms with van der Waals surface area (Å²) in [7, 11) is -9.66. The molecule has 4 fully saturated rings. The second-order valence-electron chi connectivity index (χ2n) is 10.8. The van der Waals surface area contributed by atoms with Crippen molar-refractivity contribution in [3.63, 3.8) is 0 Å². The molecule has 0 radical (unpaired) electrons. The Kier molecular flexibility index (Phi) is 6.46. The summed E-state index contributed by atoms with van der Waals surface area (Å²) in [6, 6.07) is 1.51. The first kappa shape index (κ1) is 29.0. The number of rotatable bonds is 2. The monoisotopic (exact) mass is 670 g/mol. The van der Waals surface area contributed by atoms with Crippen LogP contribution in [0.25, 0.3) is 22.3 Å². The van der Waals surface area contributed by atoms with Crippen LogP contribution in [0.2, 0.25) is 0 Å². The van der Waals surface area contributed by atoms with Crippen molar-refractivity contribution in [3.05, 3.63) is 31.2 Å². The number of phosphoric acid groups is 1. The summed E-state index contributed by atoms with van der Waals surface area (Å²) in [6.07, 6.45) is -5.17. The van der Waals surface area contributed by atoms with Gasteiger partial charge in [0.25, 0.3) is 0 Å². The standard InChI is InChI=1S/C22H24FN10O10PS/c23-11-14-10(40-20(11)32-7-29-12-9(24)1-2-26-18(12)32)3-31-45(36,37)43-16-15-21(33-8-30-13-17(25)27-6-28-19(13)33)41-22(16,4-38-15)5-39-44(34,35)42-14/h1-2,6-8,10-11,14-16,20-21,31H,3-5H2,(H2,24,26)(H,34,35)(H2,25,27,28). The molecule has 0 aromatic carbocycles. The average Bonchev–Trinajstić information content (AvgIpc) is 3.80. The Bertz CT molecular complexity index is 1980. The van der Waals surface area contributed by atoms with E-state index in [9.17, 15) is 17.9 Å². The van der Waals surface area contributed by atoms with E-state index in [1.54, 1.807) is 0 Å². The Morgan fingerprint density at radius 2 is 1.80 bits per heavy atom. The number of nitrogens with one attached hydrogen (secondary N) is 1. The van der Waals surface area contributed by atoms with E-state index in [2.05, 4.69) is 29.6 Å². The minimum atomic E-state index is -5.05. The van der Waals surface area contributed by atoms with Crippen molar-refractivity contribution in [3.8, 4) is 0 Å². The van der Waals surface area contributed by atoms with Gasteiger partial charge in [-0.25, -0.2) is 38.1 Å². The molecule has 9 unspecified atom stereocenters. The smallest absolute Gasteiger partial charge is 0.397 e. The maximum absolute atomic E-state index is 16.0. The Balaban J connectivity index is 1.10. The van der Waals surface area contributed by atoms with E-state index in [0.717, 1.165) is 0 Å². The fourth-order valence-corrected chi connectivity index (χ4v) is 7.99. The molecule has 4 aliphatic heterocycles. The van der Waals surface area contributed by atoms with E-state index in [4.69, 9.17) is 38.9 Å². The van der Waals surface area contributed by atoms with Crippen LogP contribution in [-0.4, -0.2) is 103 Å². The van der Waals surface area contributed by atoms with Gasteiger partial charge in [-0.2, -0.15) is 13.1 Å². The Labute approximate surface area is 251 Å². The number of halogens is 1. The first-order valence-corrected chi connectivity index (χ1v) is 16.3. The first-order valence-electron chi connectivity index (χ1n) is 13.4. The summed E-state index contributed by atoms with van der Waals surface area (Å²) >= 11 is 0. The van der Waals surface area contributed by atoms with Crippen molar-refractivity contribution in [1.82, 2.24) is 38.8 Å². The molecule has 6 N–H and O–H groups in total. The van der Waals surface area contributed by atoms with Gasteiger partial charge in [0.2, 0.25) is 0 Å². The van der Waals surface area contributed by atoms with Gasteiger partial charge in [0.15, 0.2) is 35.7 Å². The number of hydrogen-bond donors (Lipinski definition) is 4. The summed E-state index contributed by atoms with van der Waals surface area (Å²) in [4.78, 5) is 31.3. The number of phosphoric ester groups is 1. The molecule has 8 heterocycles. The molecule has 4 saturated heterocycles. The molecule has 0 amide bonds. The van der Waals surface area contributed by atoms with Crippen molar-refractivity contribution >= 4 is 52.0 Å². The molecule has 9 atom stereocenters. The predicted molar refractivity (Wildman–Crippen MR) is 146 cm³/mol. The Morgan fingerprint density at radius 3 is 2.62 bits per heavy atom. The summed E-state index contributed by atoms with van der Waals surface area (Å²) < 4.78 is 94.5. The molecule has 8 rings (SSSR count). The van der Waals surface area contributed by atoms with E-state index in [1.165, 1.54) is 40.4 Å². The van der Waals surface area contributed by atoms with Gasteiger partial charge in [-0.15, -0.1) is 0 Å². The Hall–Kier alpha value is -3.44. The van der Waals surface area contributed by atoms with E-state index in [0.29, 0.717) is 0 Å². The van der Waals surface area contributed by atoms with Gasteiger partial charge in [-0.05, 0) is 6.07 Å². The number of ether oxygens (including phenoxy) is 3. The summed E-state index contributed by atoms with van der Waals surface area (Å²) in [5.41, 5.74) is 11.3. The number of nitrogens with two attached hydrogens (primary N) is 2. The van der Waals surface area contributed by atoms with Crippen LogP contribution in [0.3, 0.4) is 0 Å². The quantitative estimate of drug-likeness (QED) is 0.188. The van der Waals surface area contributed by atoms with E-state index >= 15 is 4.39 Å². The van der Waals surface area contributed by atoms with Crippen LogP contribution in [0.4, 0.5) is 15.9 Å². The lowest BCUT2D eigenvalue weighted by atomic mass is 10.0. The highest BCUT2D eigenvalue weighted by molar-refractivity contribution is 7.84. The van der Waals surface area contributed by atoms with Crippen molar-refractivity contribution in [2.75, 3.05) is 31.2 Å². The van der Waals surface area contributed by atoms with Gasteiger partial charge < -0.3 is 30.6 Å². The van der Waals surface area contributed by atoms with E-state index in [1.807, 2.05) is 0 Å². The van der Waals surface area contributed by atoms with Crippen LogP contribution in [0.1, 0.15) is 12.5 Å². The van der Waals surface area contributed by atoms with Gasteiger partial charge in [-0.3, -0.25) is 18.2 Å². The minimum absolute atomic E-state index is 0.0972. The minimum Gasteiger partial charge on any atom is -0.397 e. The molecule has 0 spiro atoms. The molecule has 4 aromatic rings. The molecule has 4 aromatic heterocycles. The molecule has 23 heteroatoms. The predicted octanol–water partition coefficient (Wildman–Crippen LogP) is -0.927. The van der Waals surface area contributed by atoms with Crippen molar-refractivity contribution in [1.29, 1.82) is 0 Å². The molecule has 45 heavy (non-hydrogen) atoms. The first-order chi connectivity index (χ1) is 21.5. The van der Waals surface area contributed by atoms with Gasteiger partial charge in [0.1, 0.15) is 47.4 Å². The summed E-state index contributed by atoms with van der Waals surface area (Å²) in [6.45, 7) is -1.65. The molecule has 4 aliphatic rings. The maximum Gasteiger partial charge on any atom is 0.472 e. The molecule has 0 aliphatic carbocycles. The molecular weight excluding hydrogens is 646 g/mol. The van der Waals surface area contributed by atoms with Crippen molar-refractivity contribution in [2.45, 2.75) is 48.6 Å². The molecular formula is C22H24FN10O10PS. The number of pyridine rings is 1. The normalized spacial score (nSPS) is 38.1. The van der Waals surface area contributed by atoms with Crippen molar-refractivity contribution < 1.29 is 49.7 Å². The fourth-order valence-electron chi connectivity index (χ4n) is 6.00. The van der Waals surface area contributed by atoms with E-state index in [-0.39, 0.29) is 40.4 Å². The molecule has 2 bridgehead atoms.